The van der Waals surface area contributed by atoms with Gasteiger partial charge >= 0.3 is 6.18 Å². The average Bonchev–Trinajstić information content (AvgIpc) is 2.29. The van der Waals surface area contributed by atoms with Crippen molar-refractivity contribution in [2.75, 3.05) is 0 Å². The van der Waals surface area contributed by atoms with E-state index >= 15 is 0 Å². The molecule has 0 bridgehead atoms. The van der Waals surface area contributed by atoms with Crippen molar-refractivity contribution in [2.45, 2.75) is 57.3 Å². The van der Waals surface area contributed by atoms with Crippen LogP contribution in [0.25, 0.3) is 0 Å². The Hall–Kier alpha value is -0.560. The first-order valence-electron chi connectivity index (χ1n) is 5.65. The zero-order valence-corrected chi connectivity index (χ0v) is 10.5. The van der Waals surface area contributed by atoms with Crippen LogP contribution in [0, 0.1) is 11.3 Å². The lowest BCUT2D eigenvalue weighted by Gasteiger charge is -2.37. The van der Waals surface area contributed by atoms with Gasteiger partial charge in [-0.2, -0.15) is 13.2 Å². The lowest BCUT2D eigenvalue weighted by molar-refractivity contribution is -0.301. The maximum absolute atomic E-state index is 14.3. The van der Waals surface area contributed by atoms with E-state index in [0.29, 0.717) is 0 Å². The Bertz CT molecular complexity index is 355. The summed E-state index contributed by atoms with van der Waals surface area (Å²) in [6.07, 6.45) is -7.97. The van der Waals surface area contributed by atoms with Gasteiger partial charge in [0.05, 0.1) is 0 Å². The Morgan fingerprint density at radius 2 is 1.47 bits per heavy atom. The largest absolute Gasteiger partial charge is 0.400 e. The van der Waals surface area contributed by atoms with Crippen LogP contribution in [0.5, 0.6) is 0 Å². The predicted octanol–water partition coefficient (Wildman–Crippen LogP) is 4.98. The Labute approximate surface area is 105 Å². The van der Waals surface area contributed by atoms with Crippen molar-refractivity contribution in [3.8, 4) is 0 Å². The Morgan fingerprint density at radius 1 is 1.05 bits per heavy atom. The second-order valence-corrected chi connectivity index (χ2v) is 5.41. The second kappa shape index (κ2) is 3.97. The van der Waals surface area contributed by atoms with Crippen LogP contribution in [0.2, 0.25) is 0 Å². The molecule has 8 heteroatoms. The molecule has 19 heavy (non-hydrogen) atoms. The fourth-order valence-electron chi connectivity index (χ4n) is 2.84. The molecular weight excluding hydrogens is 284 g/mol. The molecule has 0 aromatic carbocycles. The van der Waals surface area contributed by atoms with Crippen molar-refractivity contribution < 1.29 is 35.1 Å². The highest BCUT2D eigenvalue weighted by molar-refractivity contribution is 5.17. The van der Waals surface area contributed by atoms with Crippen LogP contribution in [0.15, 0.2) is 0 Å². The lowest BCUT2D eigenvalue weighted by Crippen LogP contribution is -2.53. The molecule has 0 radical (unpaired) electrons. The molecule has 0 aromatic rings. The highest BCUT2D eigenvalue weighted by Gasteiger charge is 2.82. The monoisotopic (exact) mass is 298 g/mol. The van der Waals surface area contributed by atoms with Crippen molar-refractivity contribution in [3.63, 3.8) is 0 Å². The molecule has 0 aromatic heterocycles. The third-order valence-electron chi connectivity index (χ3n) is 3.98. The first-order chi connectivity index (χ1) is 8.13. The van der Waals surface area contributed by atoms with E-state index in [1.54, 1.807) is 0 Å². The van der Waals surface area contributed by atoms with Gasteiger partial charge in [-0.15, -0.1) is 0 Å². The van der Waals surface area contributed by atoms with Crippen LogP contribution in [0.3, 0.4) is 0 Å². The molecule has 1 aliphatic rings. The quantitative estimate of drug-likeness (QED) is 0.630. The standard InChI is InChI=1S/C11H14F8/c1-4-9(14)5-7(2,11(17,18)19)10(15,16)6(9)8(3,12)13/h6H,4-5H2,1-3H3. The van der Waals surface area contributed by atoms with Gasteiger partial charge in [-0.25, -0.2) is 22.0 Å². The SMILES string of the molecule is CCC1(F)CC(C)(C(F)(F)F)C(F)(F)C1C(C)(F)F. The molecule has 114 valence electrons. The maximum Gasteiger partial charge on any atom is 0.400 e. The third-order valence-corrected chi connectivity index (χ3v) is 3.98. The molecule has 0 amide bonds. The van der Waals surface area contributed by atoms with Crippen molar-refractivity contribution in [1.29, 1.82) is 0 Å². The van der Waals surface area contributed by atoms with Crippen LogP contribution >= 0.6 is 0 Å². The average molecular weight is 298 g/mol. The number of rotatable bonds is 2. The molecular formula is C11H14F8. The highest BCUT2D eigenvalue weighted by atomic mass is 19.4. The van der Waals surface area contributed by atoms with Gasteiger partial charge in [-0.05, 0) is 20.3 Å². The first-order valence-corrected chi connectivity index (χ1v) is 5.65. The predicted molar refractivity (Wildman–Crippen MR) is 52.0 cm³/mol. The van der Waals surface area contributed by atoms with E-state index in [2.05, 4.69) is 0 Å². The smallest absolute Gasteiger partial charge is 0.243 e. The van der Waals surface area contributed by atoms with Crippen molar-refractivity contribution >= 4 is 0 Å². The van der Waals surface area contributed by atoms with Gasteiger partial charge in [-0.3, -0.25) is 0 Å². The van der Waals surface area contributed by atoms with E-state index < -0.39 is 47.9 Å². The number of hydrogen-bond donors (Lipinski definition) is 0. The van der Waals surface area contributed by atoms with Crippen LogP contribution in [-0.2, 0) is 0 Å². The normalized spacial score (nSPS) is 39.6. The van der Waals surface area contributed by atoms with Gasteiger partial charge in [0, 0.05) is 6.42 Å². The molecule has 1 fully saturated rings. The topological polar surface area (TPSA) is 0 Å². The van der Waals surface area contributed by atoms with Crippen molar-refractivity contribution in [2.24, 2.45) is 11.3 Å². The van der Waals surface area contributed by atoms with Crippen LogP contribution in [0.1, 0.15) is 33.6 Å². The molecule has 0 heterocycles. The van der Waals surface area contributed by atoms with Crippen LogP contribution in [0.4, 0.5) is 35.1 Å². The van der Waals surface area contributed by atoms with Gasteiger partial charge in [0.2, 0.25) is 0 Å². The van der Waals surface area contributed by atoms with Crippen LogP contribution < -0.4 is 0 Å². The van der Waals surface area contributed by atoms with E-state index in [1.807, 2.05) is 0 Å². The summed E-state index contributed by atoms with van der Waals surface area (Å²) in [5.74, 6) is -12.4. The molecule has 1 aliphatic carbocycles. The summed E-state index contributed by atoms with van der Waals surface area (Å²) >= 11 is 0. The van der Waals surface area contributed by atoms with Gasteiger partial charge in [0.25, 0.3) is 11.8 Å². The summed E-state index contributed by atoms with van der Waals surface area (Å²) in [5.41, 5.74) is -7.05. The third kappa shape index (κ3) is 2.11. The molecule has 0 saturated heterocycles. The van der Waals surface area contributed by atoms with Gasteiger partial charge in [-0.1, -0.05) is 6.92 Å². The number of alkyl halides is 8. The summed E-state index contributed by atoms with van der Waals surface area (Å²) in [6, 6.07) is 0. The maximum atomic E-state index is 14.3. The molecule has 0 spiro atoms. The van der Waals surface area contributed by atoms with E-state index in [4.69, 9.17) is 0 Å². The minimum atomic E-state index is -5.47. The zero-order chi connectivity index (χ0) is 15.5. The van der Waals surface area contributed by atoms with E-state index in [-0.39, 0.29) is 13.8 Å². The molecule has 0 aliphatic heterocycles. The van der Waals surface area contributed by atoms with E-state index in [1.165, 1.54) is 0 Å². The van der Waals surface area contributed by atoms with Crippen molar-refractivity contribution in [1.82, 2.24) is 0 Å². The van der Waals surface area contributed by atoms with Gasteiger partial charge < -0.3 is 0 Å². The molecule has 1 saturated carbocycles. The summed E-state index contributed by atoms with van der Waals surface area (Å²) in [4.78, 5) is 0. The minimum Gasteiger partial charge on any atom is -0.243 e. The molecule has 3 atom stereocenters. The Kier molecular flexibility index (Phi) is 3.45. The highest BCUT2D eigenvalue weighted by Crippen LogP contribution is 2.68. The summed E-state index contributed by atoms with van der Waals surface area (Å²) in [7, 11) is 0. The Balaban J connectivity index is 3.48. The zero-order valence-electron chi connectivity index (χ0n) is 10.5. The fourth-order valence-corrected chi connectivity index (χ4v) is 2.84. The number of hydrogen-bond acceptors (Lipinski definition) is 0. The lowest BCUT2D eigenvalue weighted by atomic mass is 9.81. The minimum absolute atomic E-state index is 0.0255. The number of halogens is 8. The molecule has 0 N–H and O–H groups in total. The summed E-state index contributed by atoms with van der Waals surface area (Å²) in [5, 5.41) is 0. The first kappa shape index (κ1) is 16.5. The van der Waals surface area contributed by atoms with Gasteiger partial charge in [0.1, 0.15) is 17.0 Å². The molecule has 1 rings (SSSR count). The van der Waals surface area contributed by atoms with E-state index in [0.717, 1.165) is 6.92 Å². The van der Waals surface area contributed by atoms with Crippen LogP contribution in [-0.4, -0.2) is 23.7 Å². The van der Waals surface area contributed by atoms with Crippen molar-refractivity contribution in [3.05, 3.63) is 0 Å². The molecule has 0 nitrogen and oxygen atoms in total. The molecule has 3 unspecified atom stereocenters. The van der Waals surface area contributed by atoms with Gasteiger partial charge in [0.15, 0.2) is 0 Å². The summed E-state index contributed by atoms with van der Waals surface area (Å²) < 4.78 is 107. The van der Waals surface area contributed by atoms with E-state index in [9.17, 15) is 35.1 Å². The summed E-state index contributed by atoms with van der Waals surface area (Å²) in [6.45, 7) is 1.11. The second-order valence-electron chi connectivity index (χ2n) is 5.41. The Morgan fingerprint density at radius 3 is 1.68 bits per heavy atom. The fraction of sp³-hybridized carbons (Fsp3) is 1.00.